The first-order valence-electron chi connectivity index (χ1n) is 11.4. The Kier molecular flexibility index (Phi) is 4.69. The van der Waals surface area contributed by atoms with E-state index in [0.717, 1.165) is 59.8 Å². The number of halogens is 1. The minimum absolute atomic E-state index is 0.218. The van der Waals surface area contributed by atoms with Crippen LogP contribution in [-0.4, -0.2) is 46.1 Å². The highest BCUT2D eigenvalue weighted by molar-refractivity contribution is 5.88. The maximum Gasteiger partial charge on any atom is 0.324 e. The van der Waals surface area contributed by atoms with E-state index in [9.17, 15) is 4.39 Å². The fraction of sp³-hybridized carbons (Fsp3) is 0.417. The van der Waals surface area contributed by atoms with Crippen LogP contribution in [0.3, 0.4) is 0 Å². The van der Waals surface area contributed by atoms with Crippen molar-refractivity contribution in [1.29, 1.82) is 0 Å². The summed E-state index contributed by atoms with van der Waals surface area (Å²) >= 11 is 0. The molecule has 2 aliphatic carbocycles. The van der Waals surface area contributed by atoms with Crippen LogP contribution in [0.25, 0.3) is 11.1 Å². The lowest BCUT2D eigenvalue weighted by atomic mass is 9.98. The molecule has 2 fully saturated rings. The third-order valence-corrected chi connectivity index (χ3v) is 7.22. The summed E-state index contributed by atoms with van der Waals surface area (Å²) in [5.41, 5.74) is 10.8. The molecular formula is C24H26FN7O. The second-order valence-electron chi connectivity index (χ2n) is 9.20. The Morgan fingerprint density at radius 1 is 1.15 bits per heavy atom. The molecule has 3 N–H and O–H groups in total. The number of aryl methyl sites for hydroxylation is 1. The molecule has 3 unspecified atom stereocenters. The van der Waals surface area contributed by atoms with E-state index in [1.807, 2.05) is 6.92 Å². The van der Waals surface area contributed by atoms with Crippen molar-refractivity contribution in [1.82, 2.24) is 19.9 Å². The Labute approximate surface area is 191 Å². The Morgan fingerprint density at radius 2 is 1.97 bits per heavy atom. The molecule has 3 heterocycles. The van der Waals surface area contributed by atoms with Gasteiger partial charge in [-0.1, -0.05) is 0 Å². The number of ether oxygens (including phenoxy) is 1. The third-order valence-electron chi connectivity index (χ3n) is 7.22. The van der Waals surface area contributed by atoms with Crippen LogP contribution in [0.2, 0.25) is 0 Å². The normalized spacial score (nSPS) is 22.8. The van der Waals surface area contributed by atoms with Crippen molar-refractivity contribution in [2.45, 2.75) is 32.2 Å². The molecule has 0 bridgehead atoms. The van der Waals surface area contributed by atoms with Crippen molar-refractivity contribution in [3.63, 3.8) is 0 Å². The van der Waals surface area contributed by atoms with E-state index in [1.54, 1.807) is 25.5 Å². The molecule has 0 spiro atoms. The second-order valence-corrected chi connectivity index (χ2v) is 9.20. The number of fused-ring (bicyclic) bond motifs is 4. The van der Waals surface area contributed by atoms with E-state index in [4.69, 9.17) is 20.4 Å². The molecule has 1 saturated heterocycles. The molecule has 0 amide bonds. The van der Waals surface area contributed by atoms with Crippen molar-refractivity contribution in [2.75, 3.05) is 30.4 Å². The molecule has 170 valence electrons. The van der Waals surface area contributed by atoms with Gasteiger partial charge in [0.1, 0.15) is 17.5 Å². The summed E-state index contributed by atoms with van der Waals surface area (Å²) in [6.45, 7) is 3.54. The zero-order chi connectivity index (χ0) is 22.7. The van der Waals surface area contributed by atoms with Gasteiger partial charge in [0.15, 0.2) is 5.75 Å². The monoisotopic (exact) mass is 447 g/mol. The van der Waals surface area contributed by atoms with E-state index >= 15 is 0 Å². The van der Waals surface area contributed by atoms with E-state index in [-0.39, 0.29) is 17.9 Å². The number of anilines is 2. The highest BCUT2D eigenvalue weighted by atomic mass is 19.1. The van der Waals surface area contributed by atoms with Crippen molar-refractivity contribution in [3.05, 3.63) is 47.4 Å². The minimum Gasteiger partial charge on any atom is -0.421 e. The Morgan fingerprint density at radius 3 is 2.73 bits per heavy atom. The zero-order valence-corrected chi connectivity index (χ0v) is 18.7. The molecule has 33 heavy (non-hydrogen) atoms. The number of nitrogens with zero attached hydrogens (tertiary/aromatic N) is 5. The summed E-state index contributed by atoms with van der Waals surface area (Å²) in [5, 5.41) is 3.12. The molecule has 6 rings (SSSR count). The van der Waals surface area contributed by atoms with Gasteiger partial charge in [0.05, 0.1) is 18.1 Å². The van der Waals surface area contributed by atoms with Crippen LogP contribution in [0.15, 0.2) is 24.5 Å². The van der Waals surface area contributed by atoms with Gasteiger partial charge in [-0.05, 0) is 54.9 Å². The van der Waals surface area contributed by atoms with Gasteiger partial charge in [0, 0.05) is 43.9 Å². The molecule has 3 atom stereocenters. The lowest BCUT2D eigenvalue weighted by Crippen LogP contribution is -2.30. The lowest BCUT2D eigenvalue weighted by Gasteiger charge is -2.23. The number of nitrogens with two attached hydrogens (primary N) is 1. The maximum absolute atomic E-state index is 14.5. The molecule has 0 radical (unpaired) electrons. The molecule has 3 aromatic rings. The smallest absolute Gasteiger partial charge is 0.324 e. The number of hydrogen-bond donors (Lipinski definition) is 2. The van der Waals surface area contributed by atoms with E-state index in [1.165, 1.54) is 6.07 Å². The van der Waals surface area contributed by atoms with Gasteiger partial charge in [-0.15, -0.1) is 0 Å². The number of hydrogen-bond acceptors (Lipinski definition) is 8. The van der Waals surface area contributed by atoms with Crippen molar-refractivity contribution < 1.29 is 9.13 Å². The highest BCUT2D eigenvalue weighted by Crippen LogP contribution is 2.48. The molecule has 1 aromatic carbocycles. The first kappa shape index (κ1) is 20.3. The van der Waals surface area contributed by atoms with Crippen molar-refractivity contribution in [2.24, 2.45) is 17.6 Å². The van der Waals surface area contributed by atoms with Gasteiger partial charge < -0.3 is 20.7 Å². The van der Waals surface area contributed by atoms with E-state index in [0.29, 0.717) is 29.8 Å². The predicted octanol–water partition coefficient (Wildman–Crippen LogP) is 3.29. The van der Waals surface area contributed by atoms with Crippen LogP contribution in [0.1, 0.15) is 29.9 Å². The van der Waals surface area contributed by atoms with Crippen LogP contribution in [0.4, 0.5) is 15.9 Å². The molecule has 1 saturated carbocycles. The Balaban J connectivity index is 1.45. The summed E-state index contributed by atoms with van der Waals surface area (Å²) < 4.78 is 20.5. The number of nitrogens with one attached hydrogen (secondary N) is 1. The molecular weight excluding hydrogens is 421 g/mol. The van der Waals surface area contributed by atoms with Gasteiger partial charge in [-0.25, -0.2) is 14.4 Å². The fourth-order valence-corrected chi connectivity index (χ4v) is 5.61. The second kappa shape index (κ2) is 7.62. The van der Waals surface area contributed by atoms with Crippen LogP contribution < -0.4 is 20.7 Å². The minimum atomic E-state index is -0.283. The van der Waals surface area contributed by atoms with Crippen LogP contribution >= 0.6 is 0 Å². The SMILES string of the molecule is CNc1cc(F)cc2c1Cc1nc(Oc3cnc(C)nc3)nc(N3CC4CCC(N)C4C3)c1-2. The number of aromatic nitrogens is 4. The van der Waals surface area contributed by atoms with Gasteiger partial charge in [0.2, 0.25) is 0 Å². The summed E-state index contributed by atoms with van der Waals surface area (Å²) in [7, 11) is 1.81. The summed E-state index contributed by atoms with van der Waals surface area (Å²) in [4.78, 5) is 20.2. The largest absolute Gasteiger partial charge is 0.421 e. The average molecular weight is 448 g/mol. The number of rotatable bonds is 4. The van der Waals surface area contributed by atoms with E-state index in [2.05, 4.69) is 20.2 Å². The molecule has 1 aliphatic heterocycles. The molecule has 8 nitrogen and oxygen atoms in total. The van der Waals surface area contributed by atoms with Gasteiger partial charge >= 0.3 is 6.01 Å². The summed E-state index contributed by atoms with van der Waals surface area (Å²) in [5.74, 6) is 2.65. The van der Waals surface area contributed by atoms with Gasteiger partial charge in [-0.2, -0.15) is 9.97 Å². The predicted molar refractivity (Wildman–Crippen MR) is 123 cm³/mol. The maximum atomic E-state index is 14.5. The standard InChI is InChI=1S/C24H26FN7O/c1-12-28-8-15(9-29-12)33-24-30-21-7-16-17(5-14(25)6-20(16)27-2)22(21)23(31-24)32-10-13-3-4-19(26)18(13)11-32/h5-6,8-9,13,18-19,27H,3-4,7,10-11,26H2,1-2H3. The van der Waals surface area contributed by atoms with Crippen LogP contribution in [-0.2, 0) is 6.42 Å². The summed E-state index contributed by atoms with van der Waals surface area (Å²) in [6.07, 6.45) is 6.01. The first-order valence-corrected chi connectivity index (χ1v) is 11.4. The lowest BCUT2D eigenvalue weighted by molar-refractivity contribution is 0.435. The van der Waals surface area contributed by atoms with Crippen molar-refractivity contribution >= 4 is 11.5 Å². The Bertz CT molecular complexity index is 1230. The number of benzene rings is 1. The molecule has 3 aliphatic rings. The van der Waals surface area contributed by atoms with Gasteiger partial charge in [0.25, 0.3) is 0 Å². The zero-order valence-electron chi connectivity index (χ0n) is 18.7. The van der Waals surface area contributed by atoms with Crippen LogP contribution in [0.5, 0.6) is 11.8 Å². The van der Waals surface area contributed by atoms with E-state index < -0.39 is 0 Å². The topological polar surface area (TPSA) is 102 Å². The Hall–Kier alpha value is -3.33. The van der Waals surface area contributed by atoms with Crippen LogP contribution in [0, 0.1) is 24.6 Å². The molecule has 9 heteroatoms. The van der Waals surface area contributed by atoms with Crippen molar-refractivity contribution in [3.8, 4) is 22.9 Å². The van der Waals surface area contributed by atoms with Gasteiger partial charge in [-0.3, -0.25) is 0 Å². The summed E-state index contributed by atoms with van der Waals surface area (Å²) in [6, 6.07) is 3.58. The fourth-order valence-electron chi connectivity index (χ4n) is 5.61. The highest BCUT2D eigenvalue weighted by Gasteiger charge is 2.43. The first-order chi connectivity index (χ1) is 16.0. The quantitative estimate of drug-likeness (QED) is 0.491. The third kappa shape index (κ3) is 3.38. The average Bonchev–Trinajstić information content (AvgIpc) is 3.48. The molecule has 2 aromatic heterocycles.